The van der Waals surface area contributed by atoms with E-state index in [-0.39, 0.29) is 5.91 Å². The van der Waals surface area contributed by atoms with Crippen LogP contribution < -0.4 is 5.32 Å². The van der Waals surface area contributed by atoms with Gasteiger partial charge in [0.25, 0.3) is 5.91 Å². The molecule has 0 aliphatic carbocycles. The van der Waals surface area contributed by atoms with Crippen LogP contribution in [-0.2, 0) is 17.8 Å². The van der Waals surface area contributed by atoms with Crippen molar-refractivity contribution >= 4 is 5.91 Å². The fraction of sp³-hybridized carbons (Fsp3) is 0.222. The van der Waals surface area contributed by atoms with Gasteiger partial charge in [-0.05, 0) is 23.3 Å². The van der Waals surface area contributed by atoms with Gasteiger partial charge in [0.15, 0.2) is 12.4 Å². The molecule has 116 valence electrons. The molecule has 2 aromatic rings. The third kappa shape index (κ3) is 3.03. The maximum absolute atomic E-state index is 12.4. The average Bonchev–Trinajstić information content (AvgIpc) is 3.03. The molecule has 0 fully saturated rings. The van der Waals surface area contributed by atoms with Crippen molar-refractivity contribution in [1.82, 2.24) is 10.2 Å². The number of ether oxygens (including phenoxy) is 1. The van der Waals surface area contributed by atoms with Crippen molar-refractivity contribution in [3.63, 3.8) is 0 Å². The van der Waals surface area contributed by atoms with Gasteiger partial charge in [-0.1, -0.05) is 36.4 Å². The Kier molecular flexibility index (Phi) is 4.26. The largest absolute Gasteiger partial charge is 0.357 e. The molecule has 1 atom stereocenters. The number of nitriles is 1. The number of hydrogen-bond acceptors (Lipinski definition) is 4. The smallest absolute Gasteiger partial charge is 0.253 e. The molecule has 0 spiro atoms. The summed E-state index contributed by atoms with van der Waals surface area (Å²) in [6, 6.07) is 14.9. The highest BCUT2D eigenvalue weighted by Gasteiger charge is 2.25. The maximum Gasteiger partial charge on any atom is 0.253 e. The van der Waals surface area contributed by atoms with Gasteiger partial charge in [-0.25, -0.2) is 0 Å². The second-order valence-corrected chi connectivity index (χ2v) is 5.40. The molecule has 3 rings (SSSR count). The topological polar surface area (TPSA) is 65.4 Å². The Morgan fingerprint density at radius 3 is 2.70 bits per heavy atom. The van der Waals surface area contributed by atoms with Crippen LogP contribution in [0.3, 0.4) is 0 Å². The number of amides is 1. The molecule has 5 heteroatoms. The first-order chi connectivity index (χ1) is 11.2. The fourth-order valence-electron chi connectivity index (χ4n) is 2.82. The predicted octanol–water partition coefficient (Wildman–Crippen LogP) is 2.56. The van der Waals surface area contributed by atoms with Crippen molar-refractivity contribution < 1.29 is 9.53 Å². The van der Waals surface area contributed by atoms with Crippen molar-refractivity contribution in [2.75, 3.05) is 7.11 Å². The quantitative estimate of drug-likeness (QED) is 0.696. The van der Waals surface area contributed by atoms with E-state index in [9.17, 15) is 4.79 Å². The Morgan fingerprint density at radius 1 is 1.22 bits per heavy atom. The summed E-state index contributed by atoms with van der Waals surface area (Å²) in [7, 11) is 1.56. The lowest BCUT2D eigenvalue weighted by atomic mass is 10.0. The van der Waals surface area contributed by atoms with E-state index in [1.165, 1.54) is 0 Å². The molecule has 0 radical (unpaired) electrons. The zero-order chi connectivity index (χ0) is 16.2. The van der Waals surface area contributed by atoms with Crippen LogP contribution in [0, 0.1) is 11.5 Å². The number of carbonyl (C=O) groups is 1. The number of rotatable bonds is 4. The molecule has 2 aromatic carbocycles. The van der Waals surface area contributed by atoms with Crippen LogP contribution in [0.4, 0.5) is 0 Å². The first-order valence-electron chi connectivity index (χ1n) is 7.37. The number of hydrogen-bond donors (Lipinski definition) is 1. The van der Waals surface area contributed by atoms with Gasteiger partial charge in [0.05, 0.1) is 13.1 Å². The molecule has 1 heterocycles. The van der Waals surface area contributed by atoms with Crippen LogP contribution in [0.25, 0.3) is 0 Å². The lowest BCUT2D eigenvalue weighted by molar-refractivity contribution is 0.0570. The van der Waals surface area contributed by atoms with E-state index in [0.29, 0.717) is 18.7 Å². The Morgan fingerprint density at radius 2 is 2.00 bits per heavy atom. The van der Waals surface area contributed by atoms with E-state index in [4.69, 9.17) is 10.00 Å². The van der Waals surface area contributed by atoms with E-state index in [1.807, 2.05) is 36.4 Å². The number of benzene rings is 2. The standard InChI is InChI=1S/C18H17N3O2/c1-23-18(20-17(22)13-6-3-2-4-7-13)15-9-5-8-14-10-21(12-19)11-16(14)15/h2-9,18H,10-11H2,1H3,(H,20,22). The third-order valence-electron chi connectivity index (χ3n) is 3.98. The molecule has 5 nitrogen and oxygen atoms in total. The first-order valence-corrected chi connectivity index (χ1v) is 7.37. The number of methoxy groups -OCH3 is 1. The summed E-state index contributed by atoms with van der Waals surface area (Å²) in [5.41, 5.74) is 3.63. The minimum absolute atomic E-state index is 0.190. The van der Waals surface area contributed by atoms with E-state index >= 15 is 0 Å². The van der Waals surface area contributed by atoms with Crippen molar-refractivity contribution in [3.8, 4) is 6.19 Å². The summed E-state index contributed by atoms with van der Waals surface area (Å²) < 4.78 is 5.49. The molecule has 1 N–H and O–H groups in total. The second kappa shape index (κ2) is 6.51. The minimum Gasteiger partial charge on any atom is -0.357 e. The van der Waals surface area contributed by atoms with Crippen molar-refractivity contribution in [3.05, 3.63) is 70.8 Å². The summed E-state index contributed by atoms with van der Waals surface area (Å²) in [5, 5.41) is 12.0. The average molecular weight is 307 g/mol. The van der Waals surface area contributed by atoms with Crippen LogP contribution in [0.2, 0.25) is 0 Å². The first kappa shape index (κ1) is 15.1. The van der Waals surface area contributed by atoms with Gasteiger partial charge in [-0.3, -0.25) is 4.79 Å². The Balaban J connectivity index is 1.85. The summed E-state index contributed by atoms with van der Waals surface area (Å²) in [6.07, 6.45) is 1.62. The van der Waals surface area contributed by atoms with Gasteiger partial charge >= 0.3 is 0 Å². The fourth-order valence-corrected chi connectivity index (χ4v) is 2.82. The van der Waals surface area contributed by atoms with E-state index in [0.717, 1.165) is 16.7 Å². The number of fused-ring (bicyclic) bond motifs is 1. The van der Waals surface area contributed by atoms with Gasteiger partial charge in [0, 0.05) is 18.2 Å². The van der Waals surface area contributed by atoms with Gasteiger partial charge in [0.1, 0.15) is 0 Å². The maximum atomic E-state index is 12.4. The van der Waals surface area contributed by atoms with Crippen LogP contribution in [0.15, 0.2) is 48.5 Å². The molecule has 1 unspecified atom stereocenters. The number of nitrogens with zero attached hydrogens (tertiary/aromatic N) is 2. The Hall–Kier alpha value is -2.84. The van der Waals surface area contributed by atoms with Gasteiger partial charge < -0.3 is 15.0 Å². The van der Waals surface area contributed by atoms with Crippen molar-refractivity contribution in [1.29, 1.82) is 5.26 Å². The Labute approximate surface area is 135 Å². The SMILES string of the molecule is COC(NC(=O)c1ccccc1)c1cccc2c1CN(C#N)C2. The van der Waals surface area contributed by atoms with E-state index in [2.05, 4.69) is 11.5 Å². The summed E-state index contributed by atoms with van der Waals surface area (Å²) in [6.45, 7) is 1.14. The summed E-state index contributed by atoms with van der Waals surface area (Å²) in [5.74, 6) is -0.190. The third-order valence-corrected chi connectivity index (χ3v) is 3.98. The lowest BCUT2D eigenvalue weighted by Crippen LogP contribution is -2.30. The molecule has 0 saturated carbocycles. The molecule has 23 heavy (non-hydrogen) atoms. The van der Waals surface area contributed by atoms with Crippen molar-refractivity contribution in [2.24, 2.45) is 0 Å². The highest BCUT2D eigenvalue weighted by molar-refractivity contribution is 5.94. The molecule has 0 bridgehead atoms. The molecular formula is C18H17N3O2. The summed E-state index contributed by atoms with van der Waals surface area (Å²) >= 11 is 0. The molecule has 1 aliphatic heterocycles. The molecule has 1 aliphatic rings. The predicted molar refractivity (Wildman–Crippen MR) is 85.0 cm³/mol. The zero-order valence-electron chi connectivity index (χ0n) is 12.8. The monoisotopic (exact) mass is 307 g/mol. The van der Waals surface area contributed by atoms with Crippen LogP contribution in [0.5, 0.6) is 0 Å². The van der Waals surface area contributed by atoms with Crippen molar-refractivity contribution in [2.45, 2.75) is 19.3 Å². The zero-order valence-corrected chi connectivity index (χ0v) is 12.8. The van der Waals surface area contributed by atoms with Gasteiger partial charge in [0.2, 0.25) is 0 Å². The number of nitrogens with one attached hydrogen (secondary N) is 1. The highest BCUT2D eigenvalue weighted by Crippen LogP contribution is 2.29. The molecular weight excluding hydrogens is 290 g/mol. The highest BCUT2D eigenvalue weighted by atomic mass is 16.5. The van der Waals surface area contributed by atoms with E-state index in [1.54, 1.807) is 24.1 Å². The van der Waals surface area contributed by atoms with E-state index < -0.39 is 6.23 Å². The van der Waals surface area contributed by atoms with Crippen LogP contribution in [0.1, 0.15) is 33.3 Å². The van der Waals surface area contributed by atoms with Gasteiger partial charge in [-0.15, -0.1) is 0 Å². The summed E-state index contributed by atoms with van der Waals surface area (Å²) in [4.78, 5) is 14.0. The molecule has 0 aromatic heterocycles. The minimum atomic E-state index is -0.545. The lowest BCUT2D eigenvalue weighted by Gasteiger charge is -2.20. The molecule has 1 amide bonds. The Bertz CT molecular complexity index is 753. The van der Waals surface area contributed by atoms with Crippen LogP contribution >= 0.6 is 0 Å². The normalized spacial score (nSPS) is 14.0. The van der Waals surface area contributed by atoms with Crippen LogP contribution in [-0.4, -0.2) is 17.9 Å². The van der Waals surface area contributed by atoms with Gasteiger partial charge in [-0.2, -0.15) is 5.26 Å². The number of carbonyl (C=O) groups excluding carboxylic acids is 1. The molecule has 0 saturated heterocycles. The second-order valence-electron chi connectivity index (χ2n) is 5.40.